The molecule has 3 nitrogen and oxygen atoms in total. The summed E-state index contributed by atoms with van der Waals surface area (Å²) in [5.74, 6) is 0.216. The second-order valence-electron chi connectivity index (χ2n) is 4.88. The van der Waals surface area contributed by atoms with Gasteiger partial charge < -0.3 is 11.1 Å². The molecule has 18 heavy (non-hydrogen) atoms. The van der Waals surface area contributed by atoms with Crippen molar-refractivity contribution in [3.63, 3.8) is 0 Å². The molecule has 0 aromatic heterocycles. The molecule has 1 rings (SSSR count). The zero-order chi connectivity index (χ0) is 13.5. The second kappa shape index (κ2) is 7.17. The van der Waals surface area contributed by atoms with Crippen molar-refractivity contribution in [2.75, 3.05) is 5.32 Å². The summed E-state index contributed by atoms with van der Waals surface area (Å²) >= 11 is 0. The third-order valence-electron chi connectivity index (χ3n) is 3.14. The summed E-state index contributed by atoms with van der Waals surface area (Å²) in [5.41, 5.74) is 7.81. The number of carbonyl (C=O) groups is 1. The Balaban J connectivity index is 2.60. The highest BCUT2D eigenvalue weighted by Gasteiger charge is 2.13. The summed E-state index contributed by atoms with van der Waals surface area (Å²) in [6, 6.07) is 8.09. The summed E-state index contributed by atoms with van der Waals surface area (Å²) < 4.78 is 0. The normalized spacial score (nSPS) is 12.5. The number of amides is 1. The molecule has 3 N–H and O–H groups in total. The lowest BCUT2D eigenvalue weighted by atomic mass is 10.0. The number of anilines is 1. The van der Waals surface area contributed by atoms with Gasteiger partial charge in [0.15, 0.2) is 0 Å². The van der Waals surface area contributed by atoms with Crippen molar-refractivity contribution in [2.45, 2.75) is 46.1 Å². The third kappa shape index (κ3) is 4.49. The van der Waals surface area contributed by atoms with Crippen molar-refractivity contribution in [3.8, 4) is 0 Å². The monoisotopic (exact) mass is 248 g/mol. The summed E-state index contributed by atoms with van der Waals surface area (Å²) in [6.07, 6.45) is 2.62. The molecule has 100 valence electrons. The van der Waals surface area contributed by atoms with Gasteiger partial charge in [0.1, 0.15) is 0 Å². The first kappa shape index (κ1) is 14.7. The second-order valence-corrected chi connectivity index (χ2v) is 4.88. The van der Waals surface area contributed by atoms with E-state index >= 15 is 0 Å². The summed E-state index contributed by atoms with van der Waals surface area (Å²) in [5, 5.41) is 2.95. The van der Waals surface area contributed by atoms with Crippen molar-refractivity contribution >= 4 is 11.6 Å². The van der Waals surface area contributed by atoms with E-state index in [-0.39, 0.29) is 17.9 Å². The Morgan fingerprint density at radius 3 is 2.22 bits per heavy atom. The first-order chi connectivity index (χ1) is 8.56. The molecule has 0 fully saturated rings. The van der Waals surface area contributed by atoms with Gasteiger partial charge in [-0.05, 0) is 43.9 Å². The van der Waals surface area contributed by atoms with Gasteiger partial charge in [0.05, 0.1) is 0 Å². The Kier molecular flexibility index (Phi) is 5.86. The van der Waals surface area contributed by atoms with Gasteiger partial charge in [-0.2, -0.15) is 0 Å². The molecular formula is C15H24N2O. The van der Waals surface area contributed by atoms with Crippen molar-refractivity contribution in [1.82, 2.24) is 0 Å². The van der Waals surface area contributed by atoms with Crippen LogP contribution in [0.4, 0.5) is 5.69 Å². The van der Waals surface area contributed by atoms with Crippen molar-refractivity contribution in [3.05, 3.63) is 29.8 Å². The molecule has 0 radical (unpaired) electrons. The zero-order valence-electron chi connectivity index (χ0n) is 11.6. The molecule has 1 atom stereocenters. The van der Waals surface area contributed by atoms with E-state index in [0.29, 0.717) is 0 Å². The SMILES string of the molecule is CCC(CC)C(=O)Nc1ccc(CC(C)N)cc1. The minimum absolute atomic E-state index is 0.105. The number of rotatable bonds is 6. The highest BCUT2D eigenvalue weighted by molar-refractivity contribution is 5.92. The van der Waals surface area contributed by atoms with Crippen LogP contribution in [0.15, 0.2) is 24.3 Å². The number of benzene rings is 1. The first-order valence-electron chi connectivity index (χ1n) is 6.72. The van der Waals surface area contributed by atoms with E-state index in [1.807, 2.05) is 45.0 Å². The largest absolute Gasteiger partial charge is 0.328 e. The van der Waals surface area contributed by atoms with E-state index in [4.69, 9.17) is 5.73 Å². The minimum atomic E-state index is 0.105. The average Bonchev–Trinajstić information content (AvgIpc) is 2.32. The summed E-state index contributed by atoms with van der Waals surface area (Å²) in [6.45, 7) is 6.07. The van der Waals surface area contributed by atoms with E-state index in [1.165, 1.54) is 5.56 Å². The summed E-state index contributed by atoms with van der Waals surface area (Å²) in [4.78, 5) is 11.9. The molecule has 3 heteroatoms. The van der Waals surface area contributed by atoms with Crippen LogP contribution >= 0.6 is 0 Å². The Labute approximate surface area is 110 Å². The van der Waals surface area contributed by atoms with Gasteiger partial charge in [-0.1, -0.05) is 26.0 Å². The van der Waals surface area contributed by atoms with E-state index in [2.05, 4.69) is 5.32 Å². The molecule has 0 saturated carbocycles. The lowest BCUT2D eigenvalue weighted by Gasteiger charge is -2.13. The quantitative estimate of drug-likeness (QED) is 0.813. The highest BCUT2D eigenvalue weighted by atomic mass is 16.1. The molecule has 1 aromatic carbocycles. The highest BCUT2D eigenvalue weighted by Crippen LogP contribution is 2.14. The van der Waals surface area contributed by atoms with E-state index in [1.54, 1.807) is 0 Å². The molecule has 0 spiro atoms. The number of carbonyl (C=O) groups excluding carboxylic acids is 1. The van der Waals surface area contributed by atoms with Crippen molar-refractivity contribution in [1.29, 1.82) is 0 Å². The molecule has 0 aliphatic rings. The zero-order valence-corrected chi connectivity index (χ0v) is 11.6. The maximum absolute atomic E-state index is 11.9. The fourth-order valence-corrected chi connectivity index (χ4v) is 2.00. The van der Waals surface area contributed by atoms with Gasteiger partial charge >= 0.3 is 0 Å². The van der Waals surface area contributed by atoms with Crippen LogP contribution in [-0.4, -0.2) is 11.9 Å². The Morgan fingerprint density at radius 1 is 1.22 bits per heavy atom. The van der Waals surface area contributed by atoms with E-state index in [9.17, 15) is 4.79 Å². The molecule has 0 aliphatic carbocycles. The standard InChI is InChI=1S/C15H24N2O/c1-4-13(5-2)15(18)17-14-8-6-12(7-9-14)10-11(3)16/h6-9,11,13H,4-5,10,16H2,1-3H3,(H,17,18). The van der Waals surface area contributed by atoms with Crippen molar-refractivity contribution < 1.29 is 4.79 Å². The minimum Gasteiger partial charge on any atom is -0.328 e. The number of hydrogen-bond acceptors (Lipinski definition) is 2. The topological polar surface area (TPSA) is 55.1 Å². The van der Waals surface area contributed by atoms with Crippen LogP contribution in [-0.2, 0) is 11.2 Å². The molecule has 1 aromatic rings. The third-order valence-corrected chi connectivity index (χ3v) is 3.14. The van der Waals surface area contributed by atoms with Crippen LogP contribution in [0, 0.1) is 5.92 Å². The molecule has 1 amide bonds. The van der Waals surface area contributed by atoms with Crippen LogP contribution in [0.2, 0.25) is 0 Å². The number of nitrogens with one attached hydrogen (secondary N) is 1. The molecule has 1 unspecified atom stereocenters. The first-order valence-corrected chi connectivity index (χ1v) is 6.72. The molecular weight excluding hydrogens is 224 g/mol. The molecule has 0 aliphatic heterocycles. The Morgan fingerprint density at radius 2 is 1.78 bits per heavy atom. The maximum Gasteiger partial charge on any atom is 0.227 e. The van der Waals surface area contributed by atoms with Gasteiger partial charge in [0.25, 0.3) is 0 Å². The smallest absolute Gasteiger partial charge is 0.227 e. The van der Waals surface area contributed by atoms with Crippen LogP contribution in [0.25, 0.3) is 0 Å². The van der Waals surface area contributed by atoms with Crippen LogP contribution in [0.5, 0.6) is 0 Å². The fraction of sp³-hybridized carbons (Fsp3) is 0.533. The van der Waals surface area contributed by atoms with Crippen LogP contribution in [0.3, 0.4) is 0 Å². The van der Waals surface area contributed by atoms with Gasteiger partial charge in [-0.3, -0.25) is 4.79 Å². The lowest BCUT2D eigenvalue weighted by Crippen LogP contribution is -2.21. The lowest BCUT2D eigenvalue weighted by molar-refractivity contribution is -0.120. The van der Waals surface area contributed by atoms with Gasteiger partial charge in [0, 0.05) is 17.6 Å². The molecule has 0 saturated heterocycles. The molecule has 0 heterocycles. The van der Waals surface area contributed by atoms with E-state index in [0.717, 1.165) is 24.9 Å². The van der Waals surface area contributed by atoms with Gasteiger partial charge in [-0.15, -0.1) is 0 Å². The number of nitrogens with two attached hydrogens (primary N) is 1. The fourth-order valence-electron chi connectivity index (χ4n) is 2.00. The summed E-state index contributed by atoms with van der Waals surface area (Å²) in [7, 11) is 0. The number of hydrogen-bond donors (Lipinski definition) is 2. The van der Waals surface area contributed by atoms with Gasteiger partial charge in [-0.25, -0.2) is 0 Å². The Bertz CT molecular complexity index is 367. The molecule has 0 bridgehead atoms. The van der Waals surface area contributed by atoms with Crippen molar-refractivity contribution in [2.24, 2.45) is 11.7 Å². The van der Waals surface area contributed by atoms with E-state index < -0.39 is 0 Å². The Hall–Kier alpha value is -1.35. The van der Waals surface area contributed by atoms with Crippen LogP contribution in [0.1, 0.15) is 39.2 Å². The average molecular weight is 248 g/mol. The predicted molar refractivity (Wildman–Crippen MR) is 76.5 cm³/mol. The van der Waals surface area contributed by atoms with Gasteiger partial charge in [0.2, 0.25) is 5.91 Å². The van der Waals surface area contributed by atoms with Crippen LogP contribution < -0.4 is 11.1 Å². The maximum atomic E-state index is 11.9. The predicted octanol–water partition coefficient (Wildman–Crippen LogP) is 2.95.